The Morgan fingerprint density at radius 3 is 2.46 bits per heavy atom. The third-order valence-electron chi connectivity index (χ3n) is 6.12. The topological polar surface area (TPSA) is 98.0 Å². The highest BCUT2D eigenvalue weighted by molar-refractivity contribution is 9.10. The van der Waals surface area contributed by atoms with E-state index >= 15 is 0 Å². The van der Waals surface area contributed by atoms with Gasteiger partial charge in [0, 0.05) is 12.0 Å². The van der Waals surface area contributed by atoms with E-state index in [1.807, 2.05) is 0 Å². The number of alkyl halides is 5. The van der Waals surface area contributed by atoms with Crippen molar-refractivity contribution in [2.75, 3.05) is 5.32 Å². The van der Waals surface area contributed by atoms with E-state index in [-0.39, 0.29) is 33.3 Å². The third-order valence-corrected chi connectivity index (χ3v) is 6.70. The molecule has 0 saturated carbocycles. The molecule has 0 spiro atoms. The molecule has 15 heteroatoms. The number of carbonyl (C=O) groups excluding carboxylic acids is 1. The quantitative estimate of drug-likeness (QED) is 0.265. The fourth-order valence-corrected chi connectivity index (χ4v) is 4.82. The monoisotopic (exact) mass is 585 g/mol. The molecule has 5 rings (SSSR count). The van der Waals surface area contributed by atoms with Crippen LogP contribution in [-0.4, -0.2) is 47.6 Å². The molecule has 37 heavy (non-hydrogen) atoms. The lowest BCUT2D eigenvalue weighted by molar-refractivity contribution is -0.284. The van der Waals surface area contributed by atoms with E-state index in [1.165, 1.54) is 30.5 Å². The largest absolute Gasteiger partial charge is 0.453 e. The number of nitrogens with one attached hydrogen (secondary N) is 1. The molecule has 1 unspecified atom stereocenters. The third kappa shape index (κ3) is 4.10. The average molecular weight is 586 g/mol. The maximum atomic E-state index is 13.6. The van der Waals surface area contributed by atoms with Crippen LogP contribution in [0.3, 0.4) is 0 Å². The van der Waals surface area contributed by atoms with Crippen LogP contribution in [-0.2, 0) is 16.6 Å². The van der Waals surface area contributed by atoms with Crippen molar-refractivity contribution < 1.29 is 31.1 Å². The number of aromatic nitrogens is 6. The lowest BCUT2D eigenvalue weighted by Crippen LogP contribution is -2.36. The summed E-state index contributed by atoms with van der Waals surface area (Å²) in [6, 6.07) is 5.37. The van der Waals surface area contributed by atoms with E-state index in [4.69, 9.17) is 0 Å². The first-order valence-electron chi connectivity index (χ1n) is 10.6. The Morgan fingerprint density at radius 1 is 1.08 bits per heavy atom. The second-order valence-electron chi connectivity index (χ2n) is 8.45. The maximum absolute atomic E-state index is 13.6. The summed E-state index contributed by atoms with van der Waals surface area (Å²) in [5.41, 5.74) is -0.579. The van der Waals surface area contributed by atoms with Gasteiger partial charge >= 0.3 is 12.1 Å². The molecule has 1 N–H and O–H groups in total. The number of rotatable bonds is 5. The highest BCUT2D eigenvalue weighted by atomic mass is 79.9. The predicted octanol–water partition coefficient (Wildman–Crippen LogP) is 4.87. The zero-order valence-electron chi connectivity index (χ0n) is 18.6. The summed E-state index contributed by atoms with van der Waals surface area (Å²) >= 11 is 3.35. The molecule has 0 fully saturated rings. The summed E-state index contributed by atoms with van der Waals surface area (Å²) in [5.74, 6) is -5.79. The van der Waals surface area contributed by atoms with Gasteiger partial charge in [0.05, 0.1) is 11.9 Å². The number of carbonyl (C=O) groups is 1. The zero-order valence-corrected chi connectivity index (χ0v) is 20.2. The van der Waals surface area contributed by atoms with Crippen LogP contribution in [0.2, 0.25) is 0 Å². The highest BCUT2D eigenvalue weighted by Crippen LogP contribution is 2.45. The minimum atomic E-state index is -5.71. The van der Waals surface area contributed by atoms with E-state index in [0.29, 0.717) is 11.1 Å². The molecule has 0 bridgehead atoms. The number of aryl methyl sites for hydroxylation is 1. The van der Waals surface area contributed by atoms with E-state index in [1.54, 1.807) is 6.92 Å². The van der Waals surface area contributed by atoms with Crippen LogP contribution >= 0.6 is 15.9 Å². The number of hydrogen-bond acceptors (Lipinski definition) is 6. The second-order valence-corrected chi connectivity index (χ2v) is 9.20. The lowest BCUT2D eigenvalue weighted by atomic mass is 9.78. The van der Waals surface area contributed by atoms with E-state index in [2.05, 4.69) is 46.3 Å². The van der Waals surface area contributed by atoms with Crippen molar-refractivity contribution in [2.45, 2.75) is 37.3 Å². The Bertz CT molecular complexity index is 1540. The smallest absolute Gasteiger partial charge is 0.309 e. The van der Waals surface area contributed by atoms with Crippen molar-refractivity contribution in [2.24, 2.45) is 0 Å². The summed E-state index contributed by atoms with van der Waals surface area (Å²) in [5, 5.41) is 6.58. The molecule has 3 aromatic heterocycles. The molecule has 1 aliphatic rings. The maximum Gasteiger partial charge on any atom is 0.453 e. The first kappa shape index (κ1) is 25.0. The van der Waals surface area contributed by atoms with Crippen LogP contribution in [0.1, 0.15) is 30.2 Å². The number of nitrogens with zero attached hydrogens (tertiary/aromatic N) is 6. The van der Waals surface area contributed by atoms with Crippen LogP contribution in [0.4, 0.5) is 32.2 Å². The summed E-state index contributed by atoms with van der Waals surface area (Å²) in [4.78, 5) is 29.8. The average Bonchev–Trinajstić information content (AvgIpc) is 3.40. The van der Waals surface area contributed by atoms with Gasteiger partial charge in [-0.1, -0.05) is 12.1 Å². The highest BCUT2D eigenvalue weighted by Gasteiger charge is 2.56. The van der Waals surface area contributed by atoms with Gasteiger partial charge in [0.2, 0.25) is 5.91 Å². The molecule has 1 amide bonds. The first-order chi connectivity index (χ1) is 17.3. The number of amides is 1. The molecule has 0 aliphatic carbocycles. The molecule has 1 atom stereocenters. The van der Waals surface area contributed by atoms with Crippen molar-refractivity contribution >= 4 is 33.3 Å². The molecule has 4 heterocycles. The van der Waals surface area contributed by atoms with Gasteiger partial charge in [0.1, 0.15) is 33.7 Å². The summed E-state index contributed by atoms with van der Waals surface area (Å²) < 4.78 is 79.9. The van der Waals surface area contributed by atoms with Crippen LogP contribution in [0.25, 0.3) is 17.2 Å². The molecule has 4 aromatic rings. The van der Waals surface area contributed by atoms with E-state index < -0.39 is 42.1 Å². The van der Waals surface area contributed by atoms with Crippen molar-refractivity contribution in [3.05, 3.63) is 64.0 Å². The van der Waals surface area contributed by atoms with E-state index in [0.717, 1.165) is 10.8 Å². The summed E-state index contributed by atoms with van der Waals surface area (Å²) in [6.07, 6.45) is -5.58. The molecule has 8 nitrogen and oxygen atoms in total. The van der Waals surface area contributed by atoms with Crippen molar-refractivity contribution in [3.8, 4) is 11.5 Å². The SMILES string of the molecule is CC1(c2ccc(F)cc2)C(=O)Nc2nc(-c3cn4ncnc4c(CCC(F)(F)C(F)(F)F)n3)nc(Br)c21. The van der Waals surface area contributed by atoms with Crippen LogP contribution < -0.4 is 5.32 Å². The minimum Gasteiger partial charge on any atom is -0.309 e. The van der Waals surface area contributed by atoms with Crippen LogP contribution in [0.15, 0.2) is 41.4 Å². The van der Waals surface area contributed by atoms with Crippen LogP contribution in [0.5, 0.6) is 0 Å². The van der Waals surface area contributed by atoms with E-state index in [9.17, 15) is 31.1 Å². The standard InChI is InChI=1S/C22H14BrF6N7O/c1-20(10-2-4-11(24)5-3-10)14-15(23)33-16(34-17(14)35-19(20)37)13-8-36-18(30-9-31-36)12(32-13)6-7-21(25,26)22(27,28)29/h2-5,8-9H,6-7H2,1H3,(H,33,34,35,37). The molecule has 192 valence electrons. The van der Waals surface area contributed by atoms with Crippen molar-refractivity contribution in [1.29, 1.82) is 0 Å². The zero-order chi connectivity index (χ0) is 26.8. The fourth-order valence-electron chi connectivity index (χ4n) is 4.07. The Labute approximate surface area is 212 Å². The van der Waals surface area contributed by atoms with Crippen molar-refractivity contribution in [3.63, 3.8) is 0 Å². The van der Waals surface area contributed by atoms with Gasteiger partial charge in [-0.3, -0.25) is 4.79 Å². The molecular weight excluding hydrogens is 572 g/mol. The summed E-state index contributed by atoms with van der Waals surface area (Å²) in [7, 11) is 0. The van der Waals surface area contributed by atoms with Gasteiger partial charge in [-0.25, -0.2) is 28.8 Å². The Hall–Kier alpha value is -3.62. The first-order valence-corrected chi connectivity index (χ1v) is 11.4. The molecule has 0 saturated heterocycles. The van der Waals surface area contributed by atoms with Gasteiger partial charge in [0.15, 0.2) is 11.5 Å². The molecule has 1 aromatic carbocycles. The number of fused-ring (bicyclic) bond motifs is 2. The Kier molecular flexibility index (Phi) is 5.73. The summed E-state index contributed by atoms with van der Waals surface area (Å²) in [6.45, 7) is 1.62. The van der Waals surface area contributed by atoms with Gasteiger partial charge in [-0.15, -0.1) is 0 Å². The van der Waals surface area contributed by atoms with Gasteiger partial charge in [0.25, 0.3) is 0 Å². The van der Waals surface area contributed by atoms with Gasteiger partial charge in [-0.2, -0.15) is 27.1 Å². The van der Waals surface area contributed by atoms with Crippen molar-refractivity contribution in [1.82, 2.24) is 29.5 Å². The molecule has 1 aliphatic heterocycles. The fraction of sp³-hybridized carbons (Fsp3) is 0.273. The number of halogens is 7. The van der Waals surface area contributed by atoms with Gasteiger partial charge in [-0.05, 0) is 47.0 Å². The number of anilines is 1. The second kappa shape index (κ2) is 8.46. The minimum absolute atomic E-state index is 0.000798. The van der Waals surface area contributed by atoms with Crippen LogP contribution in [0, 0.1) is 5.82 Å². The van der Waals surface area contributed by atoms with Gasteiger partial charge < -0.3 is 5.32 Å². The number of hydrogen-bond donors (Lipinski definition) is 1. The Morgan fingerprint density at radius 2 is 1.78 bits per heavy atom. The lowest BCUT2D eigenvalue weighted by Gasteiger charge is -2.23. The molecular formula is C22H14BrF6N7O. The predicted molar refractivity (Wildman–Crippen MR) is 120 cm³/mol. The Balaban J connectivity index is 1.57. The normalized spacial score (nSPS) is 17.8. The number of benzene rings is 1. The molecule has 0 radical (unpaired) electrons.